The first-order chi connectivity index (χ1) is 14.8. The fourth-order valence-corrected chi connectivity index (χ4v) is 3.48. The monoisotopic (exact) mass is 413 g/mol. The Labute approximate surface area is 182 Å². The average molecular weight is 414 g/mol. The van der Waals surface area contributed by atoms with Crippen molar-refractivity contribution in [2.75, 3.05) is 13.2 Å². The second kappa shape index (κ2) is 15.6. The van der Waals surface area contributed by atoms with E-state index in [1.807, 2.05) is 12.3 Å². The summed E-state index contributed by atoms with van der Waals surface area (Å²) in [6, 6.07) is 6.35. The second-order valence-corrected chi connectivity index (χ2v) is 7.93. The lowest BCUT2D eigenvalue weighted by molar-refractivity contribution is 0.257. The van der Waals surface area contributed by atoms with E-state index in [2.05, 4.69) is 34.9 Å². The van der Waals surface area contributed by atoms with Crippen molar-refractivity contribution >= 4 is 0 Å². The van der Waals surface area contributed by atoms with Gasteiger partial charge in [-0.3, -0.25) is 0 Å². The molecular formula is C25H39N3O2. The molecule has 2 aromatic rings. The van der Waals surface area contributed by atoms with Gasteiger partial charge in [-0.2, -0.15) is 0 Å². The van der Waals surface area contributed by atoms with Crippen LogP contribution in [0.1, 0.15) is 96.0 Å². The second-order valence-electron chi connectivity index (χ2n) is 7.93. The van der Waals surface area contributed by atoms with Gasteiger partial charge < -0.3 is 9.47 Å². The molecule has 0 saturated heterocycles. The van der Waals surface area contributed by atoms with Gasteiger partial charge in [-0.05, 0) is 24.5 Å². The smallest absolute Gasteiger partial charge is 0.316 e. The van der Waals surface area contributed by atoms with Crippen molar-refractivity contribution in [3.8, 4) is 11.9 Å². The molecule has 0 aliphatic heterocycles. The number of hydrogen-bond acceptors (Lipinski definition) is 5. The lowest BCUT2D eigenvalue weighted by atomic mass is 9.95. The molecule has 0 radical (unpaired) electrons. The van der Waals surface area contributed by atoms with Crippen LogP contribution in [-0.4, -0.2) is 28.2 Å². The third-order valence-corrected chi connectivity index (χ3v) is 5.34. The maximum Gasteiger partial charge on any atom is 0.316 e. The molecule has 0 bridgehead atoms. The lowest BCUT2D eigenvalue weighted by Gasteiger charge is -2.17. The van der Waals surface area contributed by atoms with E-state index in [0.717, 1.165) is 19.4 Å². The maximum atomic E-state index is 5.85. The van der Waals surface area contributed by atoms with Crippen molar-refractivity contribution in [3.05, 3.63) is 42.4 Å². The largest absolute Gasteiger partial charge is 0.478 e. The molecule has 5 heteroatoms. The van der Waals surface area contributed by atoms with Crippen molar-refractivity contribution in [1.29, 1.82) is 0 Å². The van der Waals surface area contributed by atoms with E-state index in [1.165, 1.54) is 63.4 Å². The summed E-state index contributed by atoms with van der Waals surface area (Å²) >= 11 is 0. The zero-order valence-electron chi connectivity index (χ0n) is 18.9. The zero-order chi connectivity index (χ0) is 21.3. The highest BCUT2D eigenvalue weighted by atomic mass is 16.5. The predicted molar refractivity (Wildman–Crippen MR) is 122 cm³/mol. The SMILES string of the molecule is CCCCCCCCOc1ccc(C(CCCCCC)COc2ncccn2)cn1. The Morgan fingerprint density at radius 1 is 0.767 bits per heavy atom. The minimum Gasteiger partial charge on any atom is -0.478 e. The number of hydrogen-bond donors (Lipinski definition) is 0. The van der Waals surface area contributed by atoms with Crippen LogP contribution in [-0.2, 0) is 0 Å². The first kappa shape index (κ1) is 24.1. The van der Waals surface area contributed by atoms with Crippen LogP contribution in [0.2, 0.25) is 0 Å². The van der Waals surface area contributed by atoms with Crippen LogP contribution >= 0.6 is 0 Å². The molecule has 1 unspecified atom stereocenters. The third kappa shape index (κ3) is 10.0. The summed E-state index contributed by atoms with van der Waals surface area (Å²) < 4.78 is 11.7. The van der Waals surface area contributed by atoms with Crippen LogP contribution in [0, 0.1) is 0 Å². The van der Waals surface area contributed by atoms with Crippen molar-refractivity contribution in [3.63, 3.8) is 0 Å². The van der Waals surface area contributed by atoms with Crippen LogP contribution in [0.25, 0.3) is 0 Å². The van der Waals surface area contributed by atoms with E-state index in [4.69, 9.17) is 9.47 Å². The molecule has 0 spiro atoms. The van der Waals surface area contributed by atoms with Gasteiger partial charge in [-0.1, -0.05) is 77.7 Å². The number of rotatable bonds is 17. The molecular weight excluding hydrogens is 374 g/mol. The minimum atomic E-state index is 0.283. The van der Waals surface area contributed by atoms with Crippen molar-refractivity contribution in [2.45, 2.75) is 90.4 Å². The number of aromatic nitrogens is 3. The highest BCUT2D eigenvalue weighted by Gasteiger charge is 2.14. The Morgan fingerprint density at radius 3 is 2.17 bits per heavy atom. The minimum absolute atomic E-state index is 0.283. The van der Waals surface area contributed by atoms with Gasteiger partial charge in [0.25, 0.3) is 0 Å². The summed E-state index contributed by atoms with van der Waals surface area (Å²) in [5, 5.41) is 0. The van der Waals surface area contributed by atoms with Gasteiger partial charge >= 0.3 is 6.01 Å². The summed E-state index contributed by atoms with van der Waals surface area (Å²) in [4.78, 5) is 12.9. The fourth-order valence-electron chi connectivity index (χ4n) is 3.48. The van der Waals surface area contributed by atoms with Crippen molar-refractivity contribution < 1.29 is 9.47 Å². The highest BCUT2D eigenvalue weighted by molar-refractivity contribution is 5.21. The van der Waals surface area contributed by atoms with Crippen molar-refractivity contribution in [2.24, 2.45) is 0 Å². The molecule has 0 aliphatic rings. The number of ether oxygens (including phenoxy) is 2. The molecule has 0 saturated carbocycles. The van der Waals surface area contributed by atoms with Crippen LogP contribution in [0.4, 0.5) is 0 Å². The average Bonchev–Trinajstić information content (AvgIpc) is 2.79. The molecule has 5 nitrogen and oxygen atoms in total. The van der Waals surface area contributed by atoms with Gasteiger partial charge in [0.1, 0.15) is 0 Å². The van der Waals surface area contributed by atoms with E-state index in [1.54, 1.807) is 18.5 Å². The van der Waals surface area contributed by atoms with Crippen molar-refractivity contribution in [1.82, 2.24) is 15.0 Å². The Kier molecular flexibility index (Phi) is 12.6. The quantitative estimate of drug-likeness (QED) is 0.269. The van der Waals surface area contributed by atoms with E-state index >= 15 is 0 Å². The Balaban J connectivity index is 1.81. The predicted octanol–water partition coefficient (Wildman–Crippen LogP) is 6.74. The summed E-state index contributed by atoms with van der Waals surface area (Å²) in [5.74, 6) is 0.995. The Morgan fingerprint density at radius 2 is 1.47 bits per heavy atom. The molecule has 0 fully saturated rings. The molecule has 166 valence electrons. The maximum absolute atomic E-state index is 5.85. The van der Waals surface area contributed by atoms with E-state index in [0.29, 0.717) is 18.5 Å². The third-order valence-electron chi connectivity index (χ3n) is 5.34. The van der Waals surface area contributed by atoms with Crippen LogP contribution in [0.15, 0.2) is 36.8 Å². The molecule has 2 rings (SSSR count). The molecule has 0 aliphatic carbocycles. The normalized spacial score (nSPS) is 11.9. The lowest BCUT2D eigenvalue weighted by Crippen LogP contribution is -2.12. The van der Waals surface area contributed by atoms with E-state index in [9.17, 15) is 0 Å². The zero-order valence-corrected chi connectivity index (χ0v) is 18.9. The Bertz CT molecular complexity index is 649. The molecule has 30 heavy (non-hydrogen) atoms. The van der Waals surface area contributed by atoms with E-state index in [-0.39, 0.29) is 5.92 Å². The van der Waals surface area contributed by atoms with Gasteiger partial charge in [0.2, 0.25) is 5.88 Å². The summed E-state index contributed by atoms with van der Waals surface area (Å²) in [6.07, 6.45) is 19.0. The van der Waals surface area contributed by atoms with Gasteiger partial charge in [-0.15, -0.1) is 0 Å². The molecule has 2 aromatic heterocycles. The topological polar surface area (TPSA) is 57.1 Å². The van der Waals surface area contributed by atoms with Gasteiger partial charge in [0.05, 0.1) is 13.2 Å². The number of nitrogens with zero attached hydrogens (tertiary/aromatic N) is 3. The van der Waals surface area contributed by atoms with E-state index < -0.39 is 0 Å². The summed E-state index contributed by atoms with van der Waals surface area (Å²) in [5.41, 5.74) is 1.19. The van der Waals surface area contributed by atoms with Crippen LogP contribution in [0.5, 0.6) is 11.9 Å². The molecule has 0 N–H and O–H groups in total. The highest BCUT2D eigenvalue weighted by Crippen LogP contribution is 2.24. The molecule has 0 aromatic carbocycles. The van der Waals surface area contributed by atoms with Crippen LogP contribution < -0.4 is 9.47 Å². The van der Waals surface area contributed by atoms with Gasteiger partial charge in [0.15, 0.2) is 0 Å². The number of unbranched alkanes of at least 4 members (excludes halogenated alkanes) is 8. The molecule has 0 amide bonds. The van der Waals surface area contributed by atoms with Gasteiger partial charge in [-0.25, -0.2) is 15.0 Å². The standard InChI is InChI=1S/C25H39N3O2/c1-3-5-7-9-10-12-19-29-24-16-15-22(20-28-24)23(14-11-8-6-4-2)21-30-25-26-17-13-18-27-25/h13,15-18,20,23H,3-12,14,19,21H2,1-2H3. The summed E-state index contributed by atoms with van der Waals surface area (Å²) in [6.45, 7) is 5.79. The first-order valence-electron chi connectivity index (χ1n) is 11.8. The van der Waals surface area contributed by atoms with Crippen LogP contribution in [0.3, 0.4) is 0 Å². The van der Waals surface area contributed by atoms with Gasteiger partial charge in [0, 0.05) is 30.6 Å². The summed E-state index contributed by atoms with van der Waals surface area (Å²) in [7, 11) is 0. The molecule has 1 atom stereocenters. The first-order valence-corrected chi connectivity index (χ1v) is 11.8. The fraction of sp³-hybridized carbons (Fsp3) is 0.640. The Hall–Kier alpha value is -2.17. The molecule has 2 heterocycles. The number of pyridine rings is 1.